The van der Waals surface area contributed by atoms with Crippen molar-refractivity contribution in [1.82, 2.24) is 0 Å². The minimum atomic E-state index is -4.53. The molecule has 0 spiro atoms. The number of benzene rings is 2. The van der Waals surface area contributed by atoms with Crippen molar-refractivity contribution < 1.29 is 32.5 Å². The van der Waals surface area contributed by atoms with Crippen LogP contribution in [0.15, 0.2) is 48.5 Å². The van der Waals surface area contributed by atoms with E-state index in [0.717, 1.165) is 18.2 Å². The minimum absolute atomic E-state index is 0.125. The molecule has 0 bridgehead atoms. The molecule has 0 fully saturated rings. The number of hydrogen-bond donors (Lipinski definition) is 1. The van der Waals surface area contributed by atoms with Crippen LogP contribution in [-0.4, -0.2) is 25.3 Å². The van der Waals surface area contributed by atoms with E-state index in [-0.39, 0.29) is 11.1 Å². The number of ether oxygens (including phenoxy) is 2. The van der Waals surface area contributed by atoms with Crippen molar-refractivity contribution in [2.75, 3.05) is 14.2 Å². The van der Waals surface area contributed by atoms with Crippen LogP contribution in [0.25, 0.3) is 5.57 Å². The number of carboxylic acid groups (broad SMARTS) is 1. The van der Waals surface area contributed by atoms with Gasteiger partial charge in [-0.25, -0.2) is 4.79 Å². The van der Waals surface area contributed by atoms with Gasteiger partial charge in [0.1, 0.15) is 0 Å². The minimum Gasteiger partial charge on any atom is -0.493 e. The molecule has 0 saturated heterocycles. The van der Waals surface area contributed by atoms with Gasteiger partial charge in [0.15, 0.2) is 11.5 Å². The SMILES string of the molecule is COc1ccc(/C(=C\C(=O)O)c2cccc(C(F)(F)F)c2)cc1OC. The zero-order chi connectivity index (χ0) is 18.6. The summed E-state index contributed by atoms with van der Waals surface area (Å²) in [7, 11) is 2.85. The molecule has 0 amide bonds. The van der Waals surface area contributed by atoms with Gasteiger partial charge in [-0.05, 0) is 41.0 Å². The van der Waals surface area contributed by atoms with Crippen LogP contribution in [0, 0.1) is 0 Å². The van der Waals surface area contributed by atoms with Crippen LogP contribution < -0.4 is 9.47 Å². The lowest BCUT2D eigenvalue weighted by Crippen LogP contribution is -2.05. The quantitative estimate of drug-likeness (QED) is 0.818. The molecule has 0 aliphatic rings. The first-order valence-electron chi connectivity index (χ1n) is 7.11. The highest BCUT2D eigenvalue weighted by Crippen LogP contribution is 2.35. The van der Waals surface area contributed by atoms with Gasteiger partial charge in [-0.1, -0.05) is 18.2 Å². The van der Waals surface area contributed by atoms with Crippen molar-refractivity contribution in [1.29, 1.82) is 0 Å². The molecule has 25 heavy (non-hydrogen) atoms. The molecule has 0 heterocycles. The molecular formula is C18H15F3O4. The summed E-state index contributed by atoms with van der Waals surface area (Å²) in [5.74, 6) is -0.518. The third-order valence-electron chi connectivity index (χ3n) is 3.46. The molecular weight excluding hydrogens is 337 g/mol. The van der Waals surface area contributed by atoms with E-state index in [1.807, 2.05) is 0 Å². The van der Waals surface area contributed by atoms with Crippen molar-refractivity contribution in [2.45, 2.75) is 6.18 Å². The monoisotopic (exact) mass is 352 g/mol. The molecule has 0 unspecified atom stereocenters. The Bertz CT molecular complexity index is 810. The van der Waals surface area contributed by atoms with Crippen LogP contribution in [0.1, 0.15) is 16.7 Å². The van der Waals surface area contributed by atoms with E-state index in [4.69, 9.17) is 14.6 Å². The van der Waals surface area contributed by atoms with E-state index in [9.17, 15) is 18.0 Å². The molecule has 7 heteroatoms. The molecule has 0 aromatic heterocycles. The van der Waals surface area contributed by atoms with Gasteiger partial charge in [-0.15, -0.1) is 0 Å². The summed E-state index contributed by atoms with van der Waals surface area (Å²) in [6.07, 6.45) is -3.67. The Morgan fingerprint density at radius 3 is 2.20 bits per heavy atom. The summed E-state index contributed by atoms with van der Waals surface area (Å²) in [4.78, 5) is 11.2. The molecule has 2 aromatic rings. The van der Waals surface area contributed by atoms with Crippen molar-refractivity contribution in [3.05, 3.63) is 65.2 Å². The van der Waals surface area contributed by atoms with Crippen LogP contribution in [0.3, 0.4) is 0 Å². The third kappa shape index (κ3) is 4.32. The number of methoxy groups -OCH3 is 2. The van der Waals surface area contributed by atoms with E-state index in [1.165, 1.54) is 32.4 Å². The average molecular weight is 352 g/mol. The standard InChI is InChI=1S/C18H15F3O4/c1-24-15-7-6-12(9-16(15)25-2)14(10-17(22)23)11-4-3-5-13(8-11)18(19,20)21/h3-10H,1-2H3,(H,22,23)/b14-10-. The van der Waals surface area contributed by atoms with Gasteiger partial charge in [-0.2, -0.15) is 13.2 Å². The maximum absolute atomic E-state index is 12.9. The topological polar surface area (TPSA) is 55.8 Å². The molecule has 0 aliphatic carbocycles. The average Bonchev–Trinajstić information content (AvgIpc) is 2.58. The van der Waals surface area contributed by atoms with Gasteiger partial charge in [0.25, 0.3) is 0 Å². The number of alkyl halides is 3. The molecule has 0 atom stereocenters. The maximum atomic E-state index is 12.9. The van der Waals surface area contributed by atoms with Gasteiger partial charge in [-0.3, -0.25) is 0 Å². The van der Waals surface area contributed by atoms with Crippen LogP contribution >= 0.6 is 0 Å². The fraction of sp³-hybridized carbons (Fsp3) is 0.167. The van der Waals surface area contributed by atoms with Crippen LogP contribution in [-0.2, 0) is 11.0 Å². The fourth-order valence-electron chi connectivity index (χ4n) is 2.32. The molecule has 1 N–H and O–H groups in total. The third-order valence-corrected chi connectivity index (χ3v) is 3.46. The molecule has 0 aliphatic heterocycles. The second-order valence-corrected chi connectivity index (χ2v) is 5.04. The summed E-state index contributed by atoms with van der Waals surface area (Å²) in [5, 5.41) is 9.11. The largest absolute Gasteiger partial charge is 0.493 e. The second-order valence-electron chi connectivity index (χ2n) is 5.04. The number of aliphatic carboxylic acids is 1. The zero-order valence-electron chi connectivity index (χ0n) is 13.4. The lowest BCUT2D eigenvalue weighted by molar-refractivity contribution is -0.137. The Hall–Kier alpha value is -2.96. The zero-order valence-corrected chi connectivity index (χ0v) is 13.4. The predicted molar refractivity (Wildman–Crippen MR) is 85.7 cm³/mol. The number of hydrogen-bond acceptors (Lipinski definition) is 3. The summed E-state index contributed by atoms with van der Waals surface area (Å²) in [5.41, 5.74) is -0.217. The number of rotatable bonds is 5. The van der Waals surface area contributed by atoms with Crippen molar-refractivity contribution in [3.63, 3.8) is 0 Å². The van der Waals surface area contributed by atoms with Gasteiger partial charge in [0.05, 0.1) is 19.8 Å². The smallest absolute Gasteiger partial charge is 0.416 e. The lowest BCUT2D eigenvalue weighted by Gasteiger charge is -2.14. The van der Waals surface area contributed by atoms with E-state index in [1.54, 1.807) is 12.1 Å². The maximum Gasteiger partial charge on any atom is 0.416 e. The molecule has 132 valence electrons. The highest BCUT2D eigenvalue weighted by molar-refractivity contribution is 5.95. The molecule has 2 rings (SSSR count). The van der Waals surface area contributed by atoms with Crippen LogP contribution in [0.4, 0.5) is 13.2 Å². The number of halogens is 3. The van der Waals surface area contributed by atoms with Crippen molar-refractivity contribution in [3.8, 4) is 11.5 Å². The summed E-state index contributed by atoms with van der Waals surface area (Å²) in [6.45, 7) is 0. The highest BCUT2D eigenvalue weighted by Gasteiger charge is 2.30. The Morgan fingerprint density at radius 1 is 1.00 bits per heavy atom. The lowest BCUT2D eigenvalue weighted by atomic mass is 9.95. The van der Waals surface area contributed by atoms with Gasteiger partial charge in [0, 0.05) is 6.08 Å². The number of carbonyl (C=O) groups is 1. The molecule has 4 nitrogen and oxygen atoms in total. The normalized spacial score (nSPS) is 12.0. The van der Waals surface area contributed by atoms with Crippen LogP contribution in [0.2, 0.25) is 0 Å². The Kier molecular flexibility index (Phi) is 5.36. The van der Waals surface area contributed by atoms with Crippen molar-refractivity contribution >= 4 is 11.5 Å². The molecule has 2 aromatic carbocycles. The second kappa shape index (κ2) is 7.29. The Balaban J connectivity index is 2.61. The van der Waals surface area contributed by atoms with Crippen molar-refractivity contribution in [2.24, 2.45) is 0 Å². The van der Waals surface area contributed by atoms with E-state index in [0.29, 0.717) is 17.1 Å². The highest BCUT2D eigenvalue weighted by atomic mass is 19.4. The Morgan fingerprint density at radius 2 is 1.64 bits per heavy atom. The summed E-state index contributed by atoms with van der Waals surface area (Å²) >= 11 is 0. The van der Waals surface area contributed by atoms with Crippen LogP contribution in [0.5, 0.6) is 11.5 Å². The van der Waals surface area contributed by atoms with E-state index >= 15 is 0 Å². The van der Waals surface area contributed by atoms with Gasteiger partial charge in [0.2, 0.25) is 0 Å². The number of carboxylic acids is 1. The van der Waals surface area contributed by atoms with E-state index < -0.39 is 17.7 Å². The first kappa shape index (κ1) is 18.4. The molecule has 0 radical (unpaired) electrons. The first-order chi connectivity index (χ1) is 11.8. The van der Waals surface area contributed by atoms with E-state index in [2.05, 4.69) is 0 Å². The summed E-state index contributed by atoms with van der Waals surface area (Å²) in [6, 6.07) is 9.10. The van der Waals surface area contributed by atoms with Gasteiger partial charge < -0.3 is 14.6 Å². The predicted octanol–water partition coefficient (Wildman–Crippen LogP) is 4.24. The fourth-order valence-corrected chi connectivity index (χ4v) is 2.32. The first-order valence-corrected chi connectivity index (χ1v) is 7.11. The molecule has 0 saturated carbocycles. The van der Waals surface area contributed by atoms with Gasteiger partial charge >= 0.3 is 12.1 Å². The Labute approximate surface area is 142 Å². The summed E-state index contributed by atoms with van der Waals surface area (Å²) < 4.78 is 49.1.